The summed E-state index contributed by atoms with van der Waals surface area (Å²) in [6.45, 7) is 8.57. The zero-order valence-corrected chi connectivity index (χ0v) is 22.2. The monoisotopic (exact) mass is 465 g/mol. The van der Waals surface area contributed by atoms with E-state index in [2.05, 4.69) is 44.3 Å². The van der Waals surface area contributed by atoms with Gasteiger partial charge in [-0.15, -0.1) is 0 Å². The molecule has 34 heavy (non-hydrogen) atoms. The van der Waals surface area contributed by atoms with Gasteiger partial charge in [-0.2, -0.15) is 0 Å². The summed E-state index contributed by atoms with van der Waals surface area (Å²) < 4.78 is 5.81. The smallest absolute Gasteiger partial charge is 0.410 e. The second kappa shape index (κ2) is 16.4. The van der Waals surface area contributed by atoms with Crippen LogP contribution >= 0.6 is 0 Å². The van der Waals surface area contributed by atoms with E-state index in [1.165, 1.54) is 81.8 Å². The summed E-state index contributed by atoms with van der Waals surface area (Å²) in [5, 5.41) is 2.92. The molecular formula is C31H47NO2. The highest BCUT2D eigenvalue weighted by atomic mass is 16.6. The van der Waals surface area contributed by atoms with Gasteiger partial charge in [0.15, 0.2) is 0 Å². The van der Waals surface area contributed by atoms with Crippen LogP contribution in [-0.2, 0) is 12.8 Å². The fourth-order valence-corrected chi connectivity index (χ4v) is 4.48. The van der Waals surface area contributed by atoms with Crippen LogP contribution in [0.15, 0.2) is 36.4 Å². The molecule has 0 bridgehead atoms. The maximum Gasteiger partial charge on any atom is 0.417 e. The Morgan fingerprint density at radius 2 is 1.35 bits per heavy atom. The molecule has 0 radical (unpaired) electrons. The minimum Gasteiger partial charge on any atom is -0.410 e. The second-order valence-corrected chi connectivity index (χ2v) is 9.81. The van der Waals surface area contributed by atoms with Gasteiger partial charge in [0.05, 0.1) is 0 Å². The first-order valence-electron chi connectivity index (χ1n) is 13.7. The topological polar surface area (TPSA) is 38.3 Å². The maximum atomic E-state index is 12.7. The molecule has 2 rings (SSSR count). The van der Waals surface area contributed by atoms with Crippen LogP contribution in [0.25, 0.3) is 0 Å². The molecule has 0 saturated heterocycles. The van der Waals surface area contributed by atoms with Gasteiger partial charge in [0.25, 0.3) is 0 Å². The van der Waals surface area contributed by atoms with Gasteiger partial charge in [-0.25, -0.2) is 4.79 Å². The number of rotatable bonds is 16. The van der Waals surface area contributed by atoms with Crippen LogP contribution in [-0.4, -0.2) is 6.09 Å². The number of benzene rings is 2. The molecule has 0 atom stereocenters. The van der Waals surface area contributed by atoms with Crippen LogP contribution in [0.2, 0.25) is 0 Å². The van der Waals surface area contributed by atoms with Crippen LogP contribution in [0.3, 0.4) is 0 Å². The highest BCUT2D eigenvalue weighted by molar-refractivity contribution is 5.87. The van der Waals surface area contributed by atoms with Crippen molar-refractivity contribution in [1.29, 1.82) is 0 Å². The molecule has 0 aliphatic carbocycles. The average Bonchev–Trinajstić information content (AvgIpc) is 2.81. The van der Waals surface area contributed by atoms with Crippen LogP contribution in [0.5, 0.6) is 5.75 Å². The number of hydrogen-bond donors (Lipinski definition) is 1. The lowest BCUT2D eigenvalue weighted by Crippen LogP contribution is -2.18. The lowest BCUT2D eigenvalue weighted by Gasteiger charge is -2.14. The number of ether oxygens (including phenoxy) is 1. The fraction of sp³-hybridized carbons (Fsp3) is 0.581. The molecule has 3 heteroatoms. The average molecular weight is 466 g/mol. The molecule has 0 aromatic heterocycles. The number of carbonyl (C=O) groups is 1. The normalized spacial score (nSPS) is 10.9. The predicted octanol–water partition coefficient (Wildman–Crippen LogP) is 9.72. The summed E-state index contributed by atoms with van der Waals surface area (Å²) >= 11 is 0. The third kappa shape index (κ3) is 10.8. The standard InChI is InChI=1S/C31H47NO2/c1-5-7-9-11-13-15-17-27-20-22-30(28(24-27)18-16-14-12-10-8-6-2)34-31(33)32-29-21-19-25(3)23-26(29)4/h19-24H,5-18H2,1-4H3,(H,32,33). The zero-order chi connectivity index (χ0) is 24.6. The van der Waals surface area contributed by atoms with E-state index in [1.807, 2.05) is 25.1 Å². The van der Waals surface area contributed by atoms with Gasteiger partial charge < -0.3 is 4.74 Å². The van der Waals surface area contributed by atoms with Crippen LogP contribution in [0.1, 0.15) is 113 Å². The van der Waals surface area contributed by atoms with Crippen LogP contribution < -0.4 is 10.1 Å². The Morgan fingerprint density at radius 1 is 0.735 bits per heavy atom. The van der Waals surface area contributed by atoms with E-state index < -0.39 is 6.09 Å². The number of unbranched alkanes of at least 4 members (excludes halogenated alkanes) is 10. The lowest BCUT2D eigenvalue weighted by atomic mass is 9.99. The molecule has 0 saturated carbocycles. The Hall–Kier alpha value is -2.29. The van der Waals surface area contributed by atoms with Crippen molar-refractivity contribution >= 4 is 11.8 Å². The van der Waals surface area contributed by atoms with E-state index >= 15 is 0 Å². The van der Waals surface area contributed by atoms with Gasteiger partial charge in [0, 0.05) is 5.69 Å². The summed E-state index contributed by atoms with van der Waals surface area (Å²) in [6.07, 6.45) is 17.1. The Bertz CT molecular complexity index is 859. The van der Waals surface area contributed by atoms with Crippen molar-refractivity contribution < 1.29 is 9.53 Å². The molecule has 0 aliphatic heterocycles. The van der Waals surface area contributed by atoms with Crippen molar-refractivity contribution in [2.24, 2.45) is 0 Å². The molecule has 188 valence electrons. The highest BCUT2D eigenvalue weighted by Crippen LogP contribution is 2.25. The summed E-state index contributed by atoms with van der Waals surface area (Å²) in [5.41, 5.74) is 5.54. The minimum atomic E-state index is -0.417. The SMILES string of the molecule is CCCCCCCCc1ccc(OC(=O)Nc2ccc(C)cc2C)c(CCCCCCCC)c1. The maximum absolute atomic E-state index is 12.7. The Kier molecular flexibility index (Phi) is 13.4. The van der Waals surface area contributed by atoms with Crippen molar-refractivity contribution in [1.82, 2.24) is 0 Å². The number of aryl methyl sites for hydroxylation is 4. The molecule has 0 spiro atoms. The number of carbonyl (C=O) groups excluding carboxylic acids is 1. The second-order valence-electron chi connectivity index (χ2n) is 9.81. The third-order valence-corrected chi connectivity index (χ3v) is 6.56. The zero-order valence-electron chi connectivity index (χ0n) is 22.2. The molecule has 3 nitrogen and oxygen atoms in total. The van der Waals surface area contributed by atoms with E-state index in [4.69, 9.17) is 4.74 Å². The Labute approximate surface area is 208 Å². The van der Waals surface area contributed by atoms with Crippen LogP contribution in [0, 0.1) is 13.8 Å². The molecule has 0 fully saturated rings. The van der Waals surface area contributed by atoms with Gasteiger partial charge in [-0.1, -0.05) is 108 Å². The van der Waals surface area contributed by atoms with E-state index in [-0.39, 0.29) is 0 Å². The minimum absolute atomic E-state index is 0.417. The largest absolute Gasteiger partial charge is 0.417 e. The van der Waals surface area contributed by atoms with Crippen molar-refractivity contribution in [2.75, 3.05) is 5.32 Å². The predicted molar refractivity (Wildman–Crippen MR) is 146 cm³/mol. The number of hydrogen-bond acceptors (Lipinski definition) is 2. The summed E-state index contributed by atoms with van der Waals surface area (Å²) in [6, 6.07) is 12.4. The van der Waals surface area contributed by atoms with E-state index in [1.54, 1.807) is 0 Å². The first kappa shape index (κ1) is 28.0. The van der Waals surface area contributed by atoms with Crippen molar-refractivity contribution in [2.45, 2.75) is 118 Å². The molecule has 1 N–H and O–H groups in total. The molecule has 1 amide bonds. The third-order valence-electron chi connectivity index (χ3n) is 6.56. The number of amides is 1. The van der Waals surface area contributed by atoms with E-state index in [9.17, 15) is 4.79 Å². The number of nitrogens with one attached hydrogen (secondary N) is 1. The van der Waals surface area contributed by atoms with Gasteiger partial charge >= 0.3 is 6.09 Å². The summed E-state index contributed by atoms with van der Waals surface area (Å²) in [7, 11) is 0. The molecule has 2 aromatic rings. The van der Waals surface area contributed by atoms with Gasteiger partial charge in [0.1, 0.15) is 5.75 Å². The molecular weight excluding hydrogens is 418 g/mol. The fourth-order valence-electron chi connectivity index (χ4n) is 4.48. The van der Waals surface area contributed by atoms with Crippen LogP contribution in [0.4, 0.5) is 10.5 Å². The first-order valence-corrected chi connectivity index (χ1v) is 13.7. The number of anilines is 1. The summed E-state index contributed by atoms with van der Waals surface area (Å²) in [5.74, 6) is 0.697. The van der Waals surface area contributed by atoms with E-state index in [0.717, 1.165) is 36.1 Å². The highest BCUT2D eigenvalue weighted by Gasteiger charge is 2.12. The molecule has 0 aliphatic rings. The summed E-state index contributed by atoms with van der Waals surface area (Å²) in [4.78, 5) is 12.7. The van der Waals surface area contributed by atoms with Crippen molar-refractivity contribution in [3.05, 3.63) is 58.7 Å². The quantitative estimate of drug-likeness (QED) is 0.250. The Balaban J connectivity index is 1.98. The molecule has 0 heterocycles. The van der Waals surface area contributed by atoms with Gasteiger partial charge in [-0.05, 0) is 68.4 Å². The van der Waals surface area contributed by atoms with Crippen molar-refractivity contribution in [3.8, 4) is 5.75 Å². The molecule has 2 aromatic carbocycles. The lowest BCUT2D eigenvalue weighted by molar-refractivity contribution is 0.214. The van der Waals surface area contributed by atoms with Gasteiger partial charge in [0.2, 0.25) is 0 Å². The van der Waals surface area contributed by atoms with E-state index in [0.29, 0.717) is 5.75 Å². The first-order chi connectivity index (χ1) is 16.5. The molecule has 0 unspecified atom stereocenters. The Morgan fingerprint density at radius 3 is 2.00 bits per heavy atom. The van der Waals surface area contributed by atoms with Gasteiger partial charge in [-0.3, -0.25) is 5.32 Å². The van der Waals surface area contributed by atoms with Crippen molar-refractivity contribution in [3.63, 3.8) is 0 Å².